The molecule has 0 radical (unpaired) electrons. The number of hydrogen-bond acceptors (Lipinski definition) is 3. The van der Waals surface area contributed by atoms with E-state index in [1.807, 2.05) is 6.07 Å². The lowest BCUT2D eigenvalue weighted by Crippen LogP contribution is -2.47. The highest BCUT2D eigenvalue weighted by Gasteiger charge is 2.28. The van der Waals surface area contributed by atoms with Crippen LogP contribution in [0.25, 0.3) is 0 Å². The van der Waals surface area contributed by atoms with Gasteiger partial charge in [0.25, 0.3) is 0 Å². The molecule has 4 heteroatoms. The van der Waals surface area contributed by atoms with E-state index in [9.17, 15) is 4.39 Å². The molecule has 0 saturated carbocycles. The lowest BCUT2D eigenvalue weighted by Gasteiger charge is -2.33. The second-order valence-electron chi connectivity index (χ2n) is 4.54. The highest BCUT2D eigenvalue weighted by Crippen LogP contribution is 2.20. The standard InChI is InChI=1S/C13H16FN3/c1-9-5-13(10(7-15)8-16-9)17-12-4-2-3-11(14)6-12/h2-4,6,9-10,13,16-17H,5,8H2,1H3. The van der Waals surface area contributed by atoms with Crippen LogP contribution in [-0.4, -0.2) is 18.6 Å². The molecule has 1 aromatic carbocycles. The number of hydrogen-bond donors (Lipinski definition) is 2. The maximum Gasteiger partial charge on any atom is 0.125 e. The van der Waals surface area contributed by atoms with E-state index in [4.69, 9.17) is 5.26 Å². The molecule has 1 aliphatic heterocycles. The van der Waals surface area contributed by atoms with Crippen molar-refractivity contribution in [3.05, 3.63) is 30.1 Å². The first-order valence-corrected chi connectivity index (χ1v) is 5.84. The number of benzene rings is 1. The van der Waals surface area contributed by atoms with Crippen molar-refractivity contribution in [2.75, 3.05) is 11.9 Å². The fourth-order valence-corrected chi connectivity index (χ4v) is 2.19. The number of nitrogens with zero attached hydrogens (tertiary/aromatic N) is 1. The molecule has 1 aliphatic rings. The van der Waals surface area contributed by atoms with Crippen molar-refractivity contribution >= 4 is 5.69 Å². The maximum atomic E-state index is 13.1. The first-order valence-electron chi connectivity index (χ1n) is 5.84. The fourth-order valence-electron chi connectivity index (χ4n) is 2.19. The minimum atomic E-state index is -0.259. The maximum absolute atomic E-state index is 13.1. The molecule has 1 saturated heterocycles. The molecule has 17 heavy (non-hydrogen) atoms. The van der Waals surface area contributed by atoms with E-state index in [1.165, 1.54) is 12.1 Å². The van der Waals surface area contributed by atoms with Crippen LogP contribution in [-0.2, 0) is 0 Å². The van der Waals surface area contributed by atoms with Gasteiger partial charge in [-0.2, -0.15) is 5.26 Å². The van der Waals surface area contributed by atoms with Crippen molar-refractivity contribution in [1.82, 2.24) is 5.32 Å². The average molecular weight is 233 g/mol. The predicted octanol–water partition coefficient (Wildman–Crippen LogP) is 2.13. The molecule has 0 aromatic heterocycles. The van der Waals surface area contributed by atoms with Gasteiger partial charge in [-0.05, 0) is 31.5 Å². The summed E-state index contributed by atoms with van der Waals surface area (Å²) in [7, 11) is 0. The van der Waals surface area contributed by atoms with Gasteiger partial charge in [0, 0.05) is 24.3 Å². The minimum Gasteiger partial charge on any atom is -0.381 e. The molecule has 1 aromatic rings. The normalized spacial score (nSPS) is 28.4. The molecule has 3 unspecified atom stereocenters. The number of nitriles is 1. The summed E-state index contributed by atoms with van der Waals surface area (Å²) in [4.78, 5) is 0. The summed E-state index contributed by atoms with van der Waals surface area (Å²) in [5.41, 5.74) is 0.740. The van der Waals surface area contributed by atoms with Gasteiger partial charge in [0.05, 0.1) is 12.0 Å². The topological polar surface area (TPSA) is 47.9 Å². The van der Waals surface area contributed by atoms with Gasteiger partial charge >= 0.3 is 0 Å². The summed E-state index contributed by atoms with van der Waals surface area (Å²) >= 11 is 0. The van der Waals surface area contributed by atoms with E-state index in [0.29, 0.717) is 12.6 Å². The SMILES string of the molecule is CC1CC(Nc2cccc(F)c2)C(C#N)CN1. The van der Waals surface area contributed by atoms with E-state index in [2.05, 4.69) is 23.6 Å². The van der Waals surface area contributed by atoms with E-state index < -0.39 is 0 Å². The Kier molecular flexibility index (Phi) is 3.60. The van der Waals surface area contributed by atoms with Crippen molar-refractivity contribution in [1.29, 1.82) is 5.26 Å². The number of anilines is 1. The van der Waals surface area contributed by atoms with Crippen molar-refractivity contribution in [2.24, 2.45) is 5.92 Å². The third-order valence-electron chi connectivity index (χ3n) is 3.12. The predicted molar refractivity (Wildman–Crippen MR) is 65.0 cm³/mol. The largest absolute Gasteiger partial charge is 0.381 e. The molecule has 2 rings (SSSR count). The molecule has 2 N–H and O–H groups in total. The Morgan fingerprint density at radius 3 is 3.06 bits per heavy atom. The van der Waals surface area contributed by atoms with Crippen LogP contribution in [0.4, 0.5) is 10.1 Å². The summed E-state index contributed by atoms with van der Waals surface area (Å²) in [5, 5.41) is 15.6. The summed E-state index contributed by atoms with van der Waals surface area (Å²) in [5.74, 6) is -0.333. The zero-order valence-electron chi connectivity index (χ0n) is 9.78. The molecule has 90 valence electrons. The Morgan fingerprint density at radius 1 is 1.53 bits per heavy atom. The molecule has 0 spiro atoms. The van der Waals surface area contributed by atoms with Crippen LogP contribution in [0.3, 0.4) is 0 Å². The third kappa shape index (κ3) is 2.95. The monoisotopic (exact) mass is 233 g/mol. The summed E-state index contributed by atoms with van der Waals surface area (Å²) < 4.78 is 13.1. The molecule has 3 nitrogen and oxygen atoms in total. The molecule has 0 bridgehead atoms. The second-order valence-corrected chi connectivity index (χ2v) is 4.54. The van der Waals surface area contributed by atoms with Crippen molar-refractivity contribution in [3.63, 3.8) is 0 Å². The Hall–Kier alpha value is -1.60. The van der Waals surface area contributed by atoms with Crippen molar-refractivity contribution in [3.8, 4) is 6.07 Å². The highest BCUT2D eigenvalue weighted by atomic mass is 19.1. The van der Waals surface area contributed by atoms with Gasteiger partial charge in [0.1, 0.15) is 5.82 Å². The third-order valence-corrected chi connectivity index (χ3v) is 3.12. The Morgan fingerprint density at radius 2 is 2.35 bits per heavy atom. The second kappa shape index (κ2) is 5.15. The van der Waals surface area contributed by atoms with E-state index in [-0.39, 0.29) is 17.8 Å². The van der Waals surface area contributed by atoms with Crippen molar-refractivity contribution < 1.29 is 4.39 Å². The molecule has 1 heterocycles. The van der Waals surface area contributed by atoms with E-state index >= 15 is 0 Å². The van der Waals surface area contributed by atoms with Gasteiger partial charge in [-0.25, -0.2) is 4.39 Å². The molecule has 1 fully saturated rings. The summed E-state index contributed by atoms with van der Waals surface area (Å²) in [6.07, 6.45) is 0.870. The van der Waals surface area contributed by atoms with Crippen LogP contribution in [0.15, 0.2) is 24.3 Å². The zero-order valence-corrected chi connectivity index (χ0v) is 9.78. The number of piperidine rings is 1. The smallest absolute Gasteiger partial charge is 0.125 e. The number of halogens is 1. The lowest BCUT2D eigenvalue weighted by atomic mass is 9.90. The average Bonchev–Trinajstić information content (AvgIpc) is 2.29. The Bertz CT molecular complexity index is 427. The van der Waals surface area contributed by atoms with Gasteiger partial charge in [0.15, 0.2) is 0 Å². The van der Waals surface area contributed by atoms with Crippen LogP contribution < -0.4 is 10.6 Å². The molecule has 0 amide bonds. The van der Waals surface area contributed by atoms with Gasteiger partial charge in [-0.15, -0.1) is 0 Å². The van der Waals surface area contributed by atoms with E-state index in [0.717, 1.165) is 12.1 Å². The first kappa shape index (κ1) is 11.9. The quantitative estimate of drug-likeness (QED) is 0.822. The summed E-state index contributed by atoms with van der Waals surface area (Å²) in [6, 6.07) is 9.12. The Labute approximate surface area is 101 Å². The Balaban J connectivity index is 2.08. The highest BCUT2D eigenvalue weighted by molar-refractivity contribution is 5.44. The minimum absolute atomic E-state index is 0.0746. The van der Waals surface area contributed by atoms with Gasteiger partial charge < -0.3 is 10.6 Å². The van der Waals surface area contributed by atoms with E-state index in [1.54, 1.807) is 6.07 Å². The summed E-state index contributed by atoms with van der Waals surface area (Å²) in [6.45, 7) is 2.78. The fraction of sp³-hybridized carbons (Fsp3) is 0.462. The van der Waals surface area contributed by atoms with Crippen LogP contribution in [0, 0.1) is 23.1 Å². The van der Waals surface area contributed by atoms with Crippen molar-refractivity contribution in [2.45, 2.75) is 25.4 Å². The lowest BCUT2D eigenvalue weighted by molar-refractivity contribution is 0.343. The van der Waals surface area contributed by atoms with Crippen LogP contribution in [0.1, 0.15) is 13.3 Å². The molecular weight excluding hydrogens is 217 g/mol. The van der Waals surface area contributed by atoms with Gasteiger partial charge in [0.2, 0.25) is 0 Å². The van der Waals surface area contributed by atoms with Gasteiger partial charge in [-0.1, -0.05) is 6.07 Å². The molecule has 3 atom stereocenters. The van der Waals surface area contributed by atoms with Crippen LogP contribution >= 0.6 is 0 Å². The molecule has 0 aliphatic carbocycles. The molecular formula is C13H16FN3. The van der Waals surface area contributed by atoms with Gasteiger partial charge in [-0.3, -0.25) is 0 Å². The first-order chi connectivity index (χ1) is 8.19. The van der Waals surface area contributed by atoms with Crippen LogP contribution in [0.2, 0.25) is 0 Å². The number of rotatable bonds is 2. The zero-order chi connectivity index (χ0) is 12.3. The van der Waals surface area contributed by atoms with Crippen LogP contribution in [0.5, 0.6) is 0 Å². The number of nitrogens with one attached hydrogen (secondary N) is 2.